The predicted molar refractivity (Wildman–Crippen MR) is 68.8 cm³/mol. The summed E-state index contributed by atoms with van der Waals surface area (Å²) in [4.78, 5) is 0. The molecule has 0 saturated heterocycles. The van der Waals surface area contributed by atoms with Gasteiger partial charge in [-0.3, -0.25) is 0 Å². The van der Waals surface area contributed by atoms with E-state index in [4.69, 9.17) is 0 Å². The Kier molecular flexibility index (Phi) is 18.2. The summed E-state index contributed by atoms with van der Waals surface area (Å²) in [6, 6.07) is 0. The van der Waals surface area contributed by atoms with E-state index >= 15 is 0 Å². The van der Waals surface area contributed by atoms with Crippen LogP contribution in [0.3, 0.4) is 0 Å². The van der Waals surface area contributed by atoms with E-state index in [1.54, 1.807) is 0 Å². The Morgan fingerprint density at radius 3 is 1.43 bits per heavy atom. The quantitative estimate of drug-likeness (QED) is 0.455. The maximum absolute atomic E-state index is 2.31. The molecular formula is C14H32. The Labute approximate surface area is 92.5 Å². The van der Waals surface area contributed by atoms with Crippen LogP contribution in [0.2, 0.25) is 0 Å². The van der Waals surface area contributed by atoms with Crippen LogP contribution in [0.1, 0.15) is 86.0 Å². The van der Waals surface area contributed by atoms with E-state index in [1.165, 1.54) is 51.4 Å². The fourth-order valence-electron chi connectivity index (χ4n) is 1.37. The van der Waals surface area contributed by atoms with Gasteiger partial charge in [0.05, 0.1) is 0 Å². The molecule has 88 valence electrons. The summed E-state index contributed by atoms with van der Waals surface area (Å²) in [6.45, 7) is 11.3. The van der Waals surface area contributed by atoms with Crippen molar-refractivity contribution >= 4 is 0 Å². The third-order valence-electron chi connectivity index (χ3n) is 2.69. The molecular weight excluding hydrogens is 168 g/mol. The first kappa shape index (κ1) is 16.4. The number of unbranched alkanes of at least 4 members (excludes halogenated alkanes) is 4. The molecule has 0 amide bonds. The maximum Gasteiger partial charge on any atom is -0.0446 e. The largest absolute Gasteiger partial charge is 0.0654 e. The summed E-state index contributed by atoms with van der Waals surface area (Å²) in [5, 5.41) is 0. The smallest absolute Gasteiger partial charge is 0.0446 e. The first-order valence-corrected chi connectivity index (χ1v) is 6.72. The molecule has 0 aliphatic heterocycles. The lowest BCUT2D eigenvalue weighted by Gasteiger charge is -2.02. The molecule has 0 heterocycles. The molecule has 0 spiro atoms. The van der Waals surface area contributed by atoms with Gasteiger partial charge in [0.1, 0.15) is 0 Å². The Bertz CT molecular complexity index is 72.1. The highest BCUT2D eigenvalue weighted by Gasteiger charge is 1.92. The minimum atomic E-state index is 0.949. The van der Waals surface area contributed by atoms with Gasteiger partial charge in [-0.25, -0.2) is 0 Å². The number of hydrogen-bond acceptors (Lipinski definition) is 0. The van der Waals surface area contributed by atoms with Crippen LogP contribution in [0.25, 0.3) is 0 Å². The fourth-order valence-corrected chi connectivity index (χ4v) is 1.37. The van der Waals surface area contributed by atoms with Crippen molar-refractivity contribution in [1.29, 1.82) is 0 Å². The summed E-state index contributed by atoms with van der Waals surface area (Å²) in [6.07, 6.45) is 11.1. The van der Waals surface area contributed by atoms with Gasteiger partial charge in [-0.15, -0.1) is 0 Å². The molecule has 0 nitrogen and oxygen atoms in total. The summed E-state index contributed by atoms with van der Waals surface area (Å²) in [5.41, 5.74) is 0. The van der Waals surface area contributed by atoms with Crippen LogP contribution in [0.4, 0.5) is 0 Å². The predicted octanol–water partition coefficient (Wildman–Crippen LogP) is 5.81. The summed E-state index contributed by atoms with van der Waals surface area (Å²) < 4.78 is 0. The SMILES string of the molecule is CCCC(C)CC.CCCCCCC. The van der Waals surface area contributed by atoms with Crippen molar-refractivity contribution in [1.82, 2.24) is 0 Å². The second kappa shape index (κ2) is 15.5. The zero-order valence-electron chi connectivity index (χ0n) is 11.2. The van der Waals surface area contributed by atoms with E-state index in [2.05, 4.69) is 34.6 Å². The van der Waals surface area contributed by atoms with E-state index in [1.807, 2.05) is 0 Å². The van der Waals surface area contributed by atoms with Crippen LogP contribution >= 0.6 is 0 Å². The molecule has 0 rings (SSSR count). The van der Waals surface area contributed by atoms with Gasteiger partial charge in [-0.2, -0.15) is 0 Å². The lowest BCUT2D eigenvalue weighted by molar-refractivity contribution is 0.509. The molecule has 0 saturated carbocycles. The molecule has 1 unspecified atom stereocenters. The van der Waals surface area contributed by atoms with Gasteiger partial charge in [0, 0.05) is 0 Å². The van der Waals surface area contributed by atoms with E-state index in [9.17, 15) is 0 Å². The van der Waals surface area contributed by atoms with Crippen molar-refractivity contribution in [3.63, 3.8) is 0 Å². The van der Waals surface area contributed by atoms with Gasteiger partial charge < -0.3 is 0 Å². The van der Waals surface area contributed by atoms with Crippen molar-refractivity contribution in [3.05, 3.63) is 0 Å². The normalized spacial score (nSPS) is 11.8. The Hall–Kier alpha value is 0. The first-order chi connectivity index (χ1) is 6.72. The third kappa shape index (κ3) is 17.9. The topological polar surface area (TPSA) is 0 Å². The minimum absolute atomic E-state index is 0.949. The molecule has 0 N–H and O–H groups in total. The summed E-state index contributed by atoms with van der Waals surface area (Å²) in [5.74, 6) is 0.949. The summed E-state index contributed by atoms with van der Waals surface area (Å²) >= 11 is 0. The lowest BCUT2D eigenvalue weighted by atomic mass is 10.0. The number of hydrogen-bond donors (Lipinski definition) is 0. The van der Waals surface area contributed by atoms with E-state index in [0.717, 1.165) is 5.92 Å². The monoisotopic (exact) mass is 200 g/mol. The highest BCUT2D eigenvalue weighted by Crippen LogP contribution is 2.07. The van der Waals surface area contributed by atoms with E-state index < -0.39 is 0 Å². The standard InChI is InChI=1S/2C7H16/c1-4-6-7(3)5-2;1-3-5-7-6-4-2/h7H,4-6H2,1-3H3;3-7H2,1-2H3. The van der Waals surface area contributed by atoms with Crippen molar-refractivity contribution in [2.45, 2.75) is 86.0 Å². The molecule has 1 atom stereocenters. The second-order valence-electron chi connectivity index (χ2n) is 4.36. The van der Waals surface area contributed by atoms with Crippen LogP contribution in [-0.2, 0) is 0 Å². The summed E-state index contributed by atoms with van der Waals surface area (Å²) in [7, 11) is 0. The molecule has 0 aliphatic rings. The zero-order chi connectivity index (χ0) is 11.2. The average molecular weight is 200 g/mol. The van der Waals surface area contributed by atoms with Crippen LogP contribution in [0.5, 0.6) is 0 Å². The van der Waals surface area contributed by atoms with Crippen LogP contribution in [-0.4, -0.2) is 0 Å². The molecule has 0 aromatic rings. The highest BCUT2D eigenvalue weighted by molar-refractivity contribution is 4.45. The van der Waals surface area contributed by atoms with Crippen LogP contribution in [0, 0.1) is 5.92 Å². The van der Waals surface area contributed by atoms with Gasteiger partial charge in [-0.1, -0.05) is 86.0 Å². The van der Waals surface area contributed by atoms with Crippen molar-refractivity contribution < 1.29 is 0 Å². The maximum atomic E-state index is 2.31. The fraction of sp³-hybridized carbons (Fsp3) is 1.00. The van der Waals surface area contributed by atoms with Gasteiger partial charge in [-0.05, 0) is 5.92 Å². The van der Waals surface area contributed by atoms with Crippen molar-refractivity contribution in [3.8, 4) is 0 Å². The first-order valence-electron chi connectivity index (χ1n) is 6.72. The second-order valence-corrected chi connectivity index (χ2v) is 4.36. The van der Waals surface area contributed by atoms with Gasteiger partial charge in [0.25, 0.3) is 0 Å². The highest BCUT2D eigenvalue weighted by atomic mass is 14.0. The molecule has 0 fully saturated rings. The van der Waals surface area contributed by atoms with Gasteiger partial charge in [0.2, 0.25) is 0 Å². The molecule has 0 aromatic carbocycles. The Morgan fingerprint density at radius 1 is 0.714 bits per heavy atom. The van der Waals surface area contributed by atoms with Crippen molar-refractivity contribution in [2.75, 3.05) is 0 Å². The molecule has 0 radical (unpaired) electrons. The molecule has 0 aliphatic carbocycles. The van der Waals surface area contributed by atoms with Gasteiger partial charge in [0.15, 0.2) is 0 Å². The van der Waals surface area contributed by atoms with E-state index in [-0.39, 0.29) is 0 Å². The molecule has 0 bridgehead atoms. The molecule has 0 aromatic heterocycles. The Balaban J connectivity index is 0. The van der Waals surface area contributed by atoms with Crippen molar-refractivity contribution in [2.24, 2.45) is 5.92 Å². The molecule has 14 heavy (non-hydrogen) atoms. The third-order valence-corrected chi connectivity index (χ3v) is 2.69. The lowest BCUT2D eigenvalue weighted by Crippen LogP contribution is -1.88. The molecule has 0 heteroatoms. The van der Waals surface area contributed by atoms with Crippen LogP contribution < -0.4 is 0 Å². The minimum Gasteiger partial charge on any atom is -0.0654 e. The zero-order valence-corrected chi connectivity index (χ0v) is 11.2. The Morgan fingerprint density at radius 2 is 1.21 bits per heavy atom. The average Bonchev–Trinajstić information content (AvgIpc) is 2.20. The van der Waals surface area contributed by atoms with Crippen LogP contribution in [0.15, 0.2) is 0 Å². The van der Waals surface area contributed by atoms with Gasteiger partial charge >= 0.3 is 0 Å². The number of rotatable bonds is 7. The van der Waals surface area contributed by atoms with E-state index in [0.29, 0.717) is 0 Å².